The van der Waals surface area contributed by atoms with E-state index in [9.17, 15) is 9.59 Å². The first kappa shape index (κ1) is 19.4. The van der Waals surface area contributed by atoms with Crippen molar-refractivity contribution in [3.05, 3.63) is 59.7 Å². The minimum absolute atomic E-state index is 0.0594. The third kappa shape index (κ3) is 2.69. The number of hydrogen-bond donors (Lipinski definition) is 1. The van der Waals surface area contributed by atoms with E-state index in [0.29, 0.717) is 17.5 Å². The van der Waals surface area contributed by atoms with Gasteiger partial charge in [0.1, 0.15) is 17.5 Å². The smallest absolute Gasteiger partial charge is 0.242 e. The lowest BCUT2D eigenvalue weighted by atomic mass is 9.85. The van der Waals surface area contributed by atoms with Gasteiger partial charge in [-0.15, -0.1) is 0 Å². The van der Waals surface area contributed by atoms with Crippen molar-refractivity contribution in [3.63, 3.8) is 0 Å². The number of aryl methyl sites for hydroxylation is 1. The van der Waals surface area contributed by atoms with Gasteiger partial charge in [0, 0.05) is 23.5 Å². The van der Waals surface area contributed by atoms with Gasteiger partial charge in [0.25, 0.3) is 0 Å². The molecule has 5 rings (SSSR count). The van der Waals surface area contributed by atoms with Crippen LogP contribution in [-0.2, 0) is 20.4 Å². The first-order valence-electron chi connectivity index (χ1n) is 10.2. The van der Waals surface area contributed by atoms with Crippen molar-refractivity contribution in [3.8, 4) is 11.1 Å². The maximum absolute atomic E-state index is 13.4. The fourth-order valence-corrected chi connectivity index (χ4v) is 4.26. The minimum atomic E-state index is -0.694. The van der Waals surface area contributed by atoms with Gasteiger partial charge in [0.05, 0.1) is 16.5 Å². The summed E-state index contributed by atoms with van der Waals surface area (Å²) in [5, 5.41) is 2.85. The van der Waals surface area contributed by atoms with Crippen LogP contribution in [0.2, 0.25) is 0 Å². The SMILES string of the molecule is Cc1ncc(-c2ccc3c(c2)N(c2ccc4c(n2)NC(=O)C4(C)C)C(=O)C3(C)C)cn1. The van der Waals surface area contributed by atoms with Crippen LogP contribution in [0.25, 0.3) is 11.1 Å². The van der Waals surface area contributed by atoms with E-state index in [1.165, 1.54) is 0 Å². The first-order chi connectivity index (χ1) is 14.6. The van der Waals surface area contributed by atoms with Gasteiger partial charge in [0.2, 0.25) is 11.8 Å². The Balaban J connectivity index is 1.64. The van der Waals surface area contributed by atoms with E-state index in [2.05, 4.69) is 20.3 Å². The molecule has 1 N–H and O–H groups in total. The molecular formula is C24H23N5O2. The van der Waals surface area contributed by atoms with Crippen LogP contribution >= 0.6 is 0 Å². The lowest BCUT2D eigenvalue weighted by Crippen LogP contribution is -2.33. The minimum Gasteiger partial charge on any atom is -0.310 e. The van der Waals surface area contributed by atoms with Crippen LogP contribution in [-0.4, -0.2) is 26.8 Å². The molecular weight excluding hydrogens is 390 g/mol. The van der Waals surface area contributed by atoms with E-state index in [4.69, 9.17) is 0 Å². The standard InChI is InChI=1S/C24H23N5O2/c1-13-25-11-15(12-26-13)14-6-7-16-18(10-14)29(22(31)24(16,4)5)19-9-8-17-20(27-19)28-21(30)23(17,2)3/h6-12H,1-5H3,(H,27,28,30). The Morgan fingerprint density at radius 3 is 2.26 bits per heavy atom. The summed E-state index contributed by atoms with van der Waals surface area (Å²) in [7, 11) is 0. The Kier molecular flexibility index (Phi) is 3.87. The van der Waals surface area contributed by atoms with Crippen LogP contribution in [0.1, 0.15) is 44.6 Å². The number of nitrogens with zero attached hydrogens (tertiary/aromatic N) is 4. The molecule has 3 aromatic rings. The van der Waals surface area contributed by atoms with Crippen molar-refractivity contribution >= 4 is 29.1 Å². The van der Waals surface area contributed by atoms with Crippen LogP contribution in [0, 0.1) is 6.92 Å². The molecule has 0 unspecified atom stereocenters. The average molecular weight is 413 g/mol. The molecule has 0 saturated heterocycles. The Bertz CT molecular complexity index is 1260. The summed E-state index contributed by atoms with van der Waals surface area (Å²) in [6.45, 7) is 9.41. The van der Waals surface area contributed by atoms with Crippen molar-refractivity contribution in [2.75, 3.05) is 10.2 Å². The Morgan fingerprint density at radius 2 is 1.55 bits per heavy atom. The van der Waals surface area contributed by atoms with Crippen LogP contribution in [0.15, 0.2) is 42.7 Å². The van der Waals surface area contributed by atoms with E-state index in [1.807, 2.05) is 65.0 Å². The Morgan fingerprint density at radius 1 is 0.871 bits per heavy atom. The number of benzene rings is 1. The van der Waals surface area contributed by atoms with Gasteiger partial charge in [0.15, 0.2) is 0 Å². The van der Waals surface area contributed by atoms with Crippen molar-refractivity contribution < 1.29 is 9.59 Å². The molecule has 7 heteroatoms. The summed E-state index contributed by atoms with van der Waals surface area (Å²) >= 11 is 0. The highest BCUT2D eigenvalue weighted by Gasteiger charge is 2.46. The molecule has 0 atom stereocenters. The second-order valence-corrected chi connectivity index (χ2v) is 9.16. The zero-order valence-electron chi connectivity index (χ0n) is 18.1. The number of nitrogens with one attached hydrogen (secondary N) is 1. The topological polar surface area (TPSA) is 88.1 Å². The van der Waals surface area contributed by atoms with E-state index in [1.54, 1.807) is 17.3 Å². The molecule has 1 aromatic carbocycles. The number of fused-ring (bicyclic) bond motifs is 2. The van der Waals surface area contributed by atoms with E-state index < -0.39 is 10.8 Å². The number of anilines is 3. The molecule has 7 nitrogen and oxygen atoms in total. The fourth-order valence-electron chi connectivity index (χ4n) is 4.26. The number of pyridine rings is 1. The van der Waals surface area contributed by atoms with E-state index in [0.717, 1.165) is 27.9 Å². The molecule has 0 fully saturated rings. The van der Waals surface area contributed by atoms with Crippen LogP contribution in [0.4, 0.5) is 17.3 Å². The normalized spacial score (nSPS) is 18.0. The highest BCUT2D eigenvalue weighted by molar-refractivity contribution is 6.13. The zero-order valence-corrected chi connectivity index (χ0v) is 18.1. The van der Waals surface area contributed by atoms with Crippen LogP contribution in [0.5, 0.6) is 0 Å². The monoisotopic (exact) mass is 413 g/mol. The Hall–Kier alpha value is -3.61. The highest BCUT2D eigenvalue weighted by atomic mass is 16.2. The molecule has 2 aliphatic rings. The van der Waals surface area contributed by atoms with Gasteiger partial charge in [-0.05, 0) is 57.9 Å². The second-order valence-electron chi connectivity index (χ2n) is 9.16. The molecule has 2 aliphatic heterocycles. The summed E-state index contributed by atoms with van der Waals surface area (Å²) in [6, 6.07) is 9.65. The van der Waals surface area contributed by atoms with Crippen LogP contribution < -0.4 is 10.2 Å². The highest BCUT2D eigenvalue weighted by Crippen LogP contribution is 2.47. The van der Waals surface area contributed by atoms with Gasteiger partial charge in [-0.2, -0.15) is 0 Å². The van der Waals surface area contributed by atoms with Gasteiger partial charge < -0.3 is 5.32 Å². The molecule has 4 heterocycles. The molecule has 0 saturated carbocycles. The molecule has 0 radical (unpaired) electrons. The molecule has 31 heavy (non-hydrogen) atoms. The van der Waals surface area contributed by atoms with Crippen molar-refractivity contribution in [2.45, 2.75) is 45.4 Å². The predicted molar refractivity (Wildman–Crippen MR) is 118 cm³/mol. The van der Waals surface area contributed by atoms with Crippen molar-refractivity contribution in [1.29, 1.82) is 0 Å². The lowest BCUT2D eigenvalue weighted by molar-refractivity contribution is -0.121. The average Bonchev–Trinajstić information content (AvgIpc) is 3.08. The molecule has 2 amide bonds. The maximum Gasteiger partial charge on any atom is 0.242 e. The Labute approximate surface area is 180 Å². The summed E-state index contributed by atoms with van der Waals surface area (Å²) in [5.74, 6) is 1.55. The second kappa shape index (κ2) is 6.20. The number of hydrogen-bond acceptors (Lipinski definition) is 5. The summed E-state index contributed by atoms with van der Waals surface area (Å²) in [5.41, 5.74) is 3.00. The molecule has 156 valence electrons. The van der Waals surface area contributed by atoms with Gasteiger partial charge >= 0.3 is 0 Å². The lowest BCUT2D eigenvalue weighted by Gasteiger charge is -2.21. The number of aromatic nitrogens is 3. The maximum atomic E-state index is 13.4. The molecule has 2 aromatic heterocycles. The zero-order chi connectivity index (χ0) is 22.1. The number of carbonyl (C=O) groups is 2. The van der Waals surface area contributed by atoms with Crippen molar-refractivity contribution in [2.24, 2.45) is 0 Å². The number of rotatable bonds is 2. The van der Waals surface area contributed by atoms with Gasteiger partial charge in [-0.1, -0.05) is 18.2 Å². The van der Waals surface area contributed by atoms with Crippen molar-refractivity contribution in [1.82, 2.24) is 15.0 Å². The van der Waals surface area contributed by atoms with E-state index >= 15 is 0 Å². The fraction of sp³-hybridized carbons (Fsp3) is 0.292. The summed E-state index contributed by atoms with van der Waals surface area (Å²) in [4.78, 5) is 40.7. The third-order valence-electron chi connectivity index (χ3n) is 6.35. The number of carbonyl (C=O) groups excluding carboxylic acids is 2. The van der Waals surface area contributed by atoms with Gasteiger partial charge in [-0.3, -0.25) is 14.5 Å². The summed E-state index contributed by atoms with van der Waals surface area (Å²) in [6.07, 6.45) is 3.56. The van der Waals surface area contributed by atoms with Crippen LogP contribution in [0.3, 0.4) is 0 Å². The third-order valence-corrected chi connectivity index (χ3v) is 6.35. The largest absolute Gasteiger partial charge is 0.310 e. The van der Waals surface area contributed by atoms with E-state index in [-0.39, 0.29) is 11.8 Å². The summed E-state index contributed by atoms with van der Waals surface area (Å²) < 4.78 is 0. The molecule has 0 spiro atoms. The number of amides is 2. The quantitative estimate of drug-likeness (QED) is 0.685. The predicted octanol–water partition coefficient (Wildman–Crippen LogP) is 4.03. The first-order valence-corrected chi connectivity index (χ1v) is 10.2. The van der Waals surface area contributed by atoms with Gasteiger partial charge in [-0.25, -0.2) is 15.0 Å². The molecule has 0 aliphatic carbocycles. The molecule has 0 bridgehead atoms.